The number of aromatic nitrogens is 1. The summed E-state index contributed by atoms with van der Waals surface area (Å²) in [6.45, 7) is 0. The van der Waals surface area contributed by atoms with Gasteiger partial charge in [0.15, 0.2) is 0 Å². The zero-order valence-corrected chi connectivity index (χ0v) is 6.04. The van der Waals surface area contributed by atoms with E-state index in [2.05, 4.69) is 4.98 Å². The Balaban J connectivity index is 2.76. The minimum atomic E-state index is 0.359. The van der Waals surface area contributed by atoms with Crippen molar-refractivity contribution in [3.8, 4) is 6.07 Å². The topological polar surface area (TPSA) is 36.7 Å². The highest BCUT2D eigenvalue weighted by Crippen LogP contribution is 2.17. The lowest BCUT2D eigenvalue weighted by Gasteiger charge is -1.75. The molecule has 1 aromatic heterocycles. The normalized spacial score (nSPS) is 8.89. The van der Waals surface area contributed by atoms with Crippen LogP contribution in [0.15, 0.2) is 6.20 Å². The summed E-state index contributed by atoms with van der Waals surface area (Å²) in [4.78, 5) is 3.87. The Morgan fingerprint density at radius 3 is 3.11 bits per heavy atom. The molecule has 0 spiro atoms. The molecule has 1 rings (SSSR count). The van der Waals surface area contributed by atoms with E-state index in [9.17, 15) is 0 Å². The maximum Gasteiger partial charge on any atom is 0.113 e. The van der Waals surface area contributed by atoms with Crippen molar-refractivity contribution < 1.29 is 0 Å². The van der Waals surface area contributed by atoms with Gasteiger partial charge in [0.2, 0.25) is 0 Å². The van der Waals surface area contributed by atoms with Crippen LogP contribution in [0.25, 0.3) is 0 Å². The van der Waals surface area contributed by atoms with E-state index in [-0.39, 0.29) is 0 Å². The predicted octanol–water partition coefficient (Wildman–Crippen LogP) is 1.86. The average molecular weight is 159 g/mol. The lowest BCUT2D eigenvalue weighted by atomic mass is 10.5. The van der Waals surface area contributed by atoms with Crippen LogP contribution in [0.4, 0.5) is 0 Å². The van der Waals surface area contributed by atoms with Crippen molar-refractivity contribution in [2.24, 2.45) is 0 Å². The summed E-state index contributed by atoms with van der Waals surface area (Å²) >= 11 is 6.89. The molecule has 0 fully saturated rings. The first-order chi connectivity index (χ1) is 4.33. The van der Waals surface area contributed by atoms with Crippen LogP contribution >= 0.6 is 22.9 Å². The lowest BCUT2D eigenvalue weighted by molar-refractivity contribution is 1.19. The summed E-state index contributed by atoms with van der Waals surface area (Å²) in [6, 6.07) is 1.99. The van der Waals surface area contributed by atoms with Gasteiger partial charge in [0, 0.05) is 0 Å². The molecule has 46 valence electrons. The van der Waals surface area contributed by atoms with Crippen LogP contribution in [0.2, 0.25) is 4.34 Å². The Bertz CT molecular complexity index is 237. The Hall–Kier alpha value is -0.590. The first-order valence-corrected chi connectivity index (χ1v) is 3.49. The summed E-state index contributed by atoms with van der Waals surface area (Å²) in [6.07, 6.45) is 1.91. The van der Waals surface area contributed by atoms with Gasteiger partial charge in [-0.15, -0.1) is 11.3 Å². The molecule has 9 heavy (non-hydrogen) atoms. The SMILES string of the molecule is N#CCc1ncc(Cl)s1. The van der Waals surface area contributed by atoms with Crippen LogP contribution in [0.1, 0.15) is 5.01 Å². The van der Waals surface area contributed by atoms with Gasteiger partial charge in [-0.3, -0.25) is 0 Å². The van der Waals surface area contributed by atoms with Crippen molar-refractivity contribution in [2.45, 2.75) is 6.42 Å². The zero-order valence-electron chi connectivity index (χ0n) is 4.47. The smallest absolute Gasteiger partial charge is 0.113 e. The van der Waals surface area contributed by atoms with E-state index in [4.69, 9.17) is 16.9 Å². The molecule has 0 amide bonds. The molecular weight excluding hydrogens is 156 g/mol. The summed E-state index contributed by atoms with van der Waals surface area (Å²) in [7, 11) is 0. The van der Waals surface area contributed by atoms with E-state index in [1.165, 1.54) is 11.3 Å². The molecule has 0 aliphatic heterocycles. The molecule has 0 saturated heterocycles. The van der Waals surface area contributed by atoms with Gasteiger partial charge >= 0.3 is 0 Å². The molecule has 4 heteroatoms. The maximum atomic E-state index is 8.20. The number of nitriles is 1. The minimum Gasteiger partial charge on any atom is -0.247 e. The van der Waals surface area contributed by atoms with E-state index >= 15 is 0 Å². The van der Waals surface area contributed by atoms with Crippen molar-refractivity contribution in [3.63, 3.8) is 0 Å². The number of nitrogens with zero attached hydrogens (tertiary/aromatic N) is 2. The van der Waals surface area contributed by atoms with Crippen LogP contribution in [0, 0.1) is 11.3 Å². The van der Waals surface area contributed by atoms with Gasteiger partial charge in [-0.1, -0.05) is 11.6 Å². The largest absolute Gasteiger partial charge is 0.247 e. The third-order valence-corrected chi connectivity index (χ3v) is 1.87. The fourth-order valence-electron chi connectivity index (χ4n) is 0.437. The third kappa shape index (κ3) is 1.67. The first-order valence-electron chi connectivity index (χ1n) is 2.30. The van der Waals surface area contributed by atoms with Gasteiger partial charge in [0.25, 0.3) is 0 Å². The zero-order chi connectivity index (χ0) is 6.69. The molecule has 0 radical (unpaired) electrons. The van der Waals surface area contributed by atoms with Crippen LogP contribution in [0.3, 0.4) is 0 Å². The van der Waals surface area contributed by atoms with Gasteiger partial charge < -0.3 is 0 Å². The highest BCUT2D eigenvalue weighted by atomic mass is 35.5. The number of rotatable bonds is 1. The number of thiazole rings is 1. The molecule has 0 N–H and O–H groups in total. The Kier molecular flexibility index (Phi) is 2.04. The Morgan fingerprint density at radius 1 is 1.89 bits per heavy atom. The maximum absolute atomic E-state index is 8.20. The third-order valence-electron chi connectivity index (χ3n) is 0.756. The summed E-state index contributed by atoms with van der Waals surface area (Å²) in [5.41, 5.74) is 0. The van der Waals surface area contributed by atoms with Crippen molar-refractivity contribution in [3.05, 3.63) is 15.5 Å². The van der Waals surface area contributed by atoms with Crippen LogP contribution in [0.5, 0.6) is 0 Å². The second-order valence-corrected chi connectivity index (χ2v) is 3.14. The number of halogens is 1. The molecule has 0 unspecified atom stereocenters. The van der Waals surface area contributed by atoms with Gasteiger partial charge in [-0.2, -0.15) is 5.26 Å². The molecule has 1 heterocycles. The second-order valence-electron chi connectivity index (χ2n) is 1.39. The first kappa shape index (κ1) is 6.53. The molecule has 0 aliphatic rings. The van der Waals surface area contributed by atoms with Crippen LogP contribution in [-0.4, -0.2) is 4.98 Å². The van der Waals surface area contributed by atoms with Crippen molar-refractivity contribution in [1.29, 1.82) is 5.26 Å². The van der Waals surface area contributed by atoms with E-state index in [0.717, 1.165) is 5.01 Å². The van der Waals surface area contributed by atoms with Crippen LogP contribution < -0.4 is 0 Å². The minimum absolute atomic E-state index is 0.359. The van der Waals surface area contributed by atoms with Gasteiger partial charge in [0.05, 0.1) is 18.7 Å². The van der Waals surface area contributed by atoms with Crippen molar-refractivity contribution >= 4 is 22.9 Å². The quantitative estimate of drug-likeness (QED) is 0.626. The monoisotopic (exact) mass is 158 g/mol. The molecule has 0 bridgehead atoms. The predicted molar refractivity (Wildman–Crippen MR) is 36.4 cm³/mol. The highest BCUT2D eigenvalue weighted by Gasteiger charge is 1.96. The summed E-state index contributed by atoms with van der Waals surface area (Å²) in [5, 5.41) is 8.98. The molecular formula is C5H3ClN2S. The average Bonchev–Trinajstić information content (AvgIpc) is 2.17. The van der Waals surface area contributed by atoms with Crippen LogP contribution in [-0.2, 0) is 6.42 Å². The molecule has 0 aliphatic carbocycles. The van der Waals surface area contributed by atoms with E-state index in [1.54, 1.807) is 6.20 Å². The molecule has 0 aromatic carbocycles. The van der Waals surface area contributed by atoms with Gasteiger partial charge in [-0.05, 0) is 0 Å². The van der Waals surface area contributed by atoms with Gasteiger partial charge in [-0.25, -0.2) is 4.98 Å². The lowest BCUT2D eigenvalue weighted by Crippen LogP contribution is -1.74. The van der Waals surface area contributed by atoms with Crippen molar-refractivity contribution in [1.82, 2.24) is 4.98 Å². The standard InChI is InChI=1S/C5H3ClN2S/c6-4-3-8-5(9-4)1-2-7/h3H,1H2. The fourth-order valence-corrected chi connectivity index (χ4v) is 1.33. The molecule has 1 aromatic rings. The van der Waals surface area contributed by atoms with E-state index in [0.29, 0.717) is 10.8 Å². The Labute approximate surface area is 61.7 Å². The van der Waals surface area contributed by atoms with E-state index in [1.807, 2.05) is 6.07 Å². The molecule has 2 nitrogen and oxygen atoms in total. The van der Waals surface area contributed by atoms with Crippen molar-refractivity contribution in [2.75, 3.05) is 0 Å². The van der Waals surface area contributed by atoms with Gasteiger partial charge in [0.1, 0.15) is 9.34 Å². The number of hydrogen-bond donors (Lipinski definition) is 0. The second kappa shape index (κ2) is 2.81. The number of hydrogen-bond acceptors (Lipinski definition) is 3. The van der Waals surface area contributed by atoms with E-state index < -0.39 is 0 Å². The molecule has 0 saturated carbocycles. The Morgan fingerprint density at radius 2 is 2.67 bits per heavy atom. The highest BCUT2D eigenvalue weighted by molar-refractivity contribution is 7.15. The summed E-state index contributed by atoms with van der Waals surface area (Å²) < 4.78 is 0.639. The molecule has 0 atom stereocenters. The summed E-state index contributed by atoms with van der Waals surface area (Å²) in [5.74, 6) is 0. The fraction of sp³-hybridized carbons (Fsp3) is 0.200.